The molecule has 10 heteroatoms. The molecule has 2 aromatic heterocycles. The van der Waals surface area contributed by atoms with Crippen LogP contribution in [0.15, 0.2) is 66.6 Å². The Kier molecular flexibility index (Phi) is 7.52. The number of benzene rings is 1. The lowest BCUT2D eigenvalue weighted by molar-refractivity contribution is 0.0926. The van der Waals surface area contributed by atoms with Crippen molar-refractivity contribution in [2.45, 2.75) is 51.1 Å². The van der Waals surface area contributed by atoms with Crippen LogP contribution in [-0.4, -0.2) is 34.8 Å². The molecule has 1 aromatic carbocycles. The topological polar surface area (TPSA) is 133 Å². The van der Waals surface area contributed by atoms with E-state index in [-0.39, 0.29) is 23.8 Å². The molecule has 3 heterocycles. The number of anilines is 2. The van der Waals surface area contributed by atoms with Gasteiger partial charge in [-0.15, -0.1) is 11.3 Å². The Morgan fingerprint density at radius 3 is 2.82 bits per heavy atom. The van der Waals surface area contributed by atoms with Crippen molar-refractivity contribution in [1.29, 1.82) is 5.41 Å². The third-order valence-corrected chi connectivity index (χ3v) is 7.72. The summed E-state index contributed by atoms with van der Waals surface area (Å²) in [7, 11) is 0. The van der Waals surface area contributed by atoms with Crippen LogP contribution < -0.4 is 26.0 Å². The van der Waals surface area contributed by atoms with Crippen molar-refractivity contribution < 1.29 is 14.3 Å². The molecule has 38 heavy (non-hydrogen) atoms. The SMILES string of the molecule is CC/C=C(\C=C/C(=N)N1C(=O)Nc2c(C(=O)N[C@@H]3CCCC[C@H]3N)sc3nccc1c23)Oc1ccccc1. The van der Waals surface area contributed by atoms with Crippen molar-refractivity contribution in [1.82, 2.24) is 10.3 Å². The number of hydrogen-bond acceptors (Lipinski definition) is 7. The summed E-state index contributed by atoms with van der Waals surface area (Å²) in [6, 6.07) is 10.4. The number of nitrogens with zero attached hydrogens (tertiary/aromatic N) is 2. The highest BCUT2D eigenvalue weighted by Crippen LogP contribution is 2.43. The number of ether oxygens (including phenoxy) is 1. The van der Waals surface area contributed by atoms with Crippen LogP contribution in [0.5, 0.6) is 5.75 Å². The third-order valence-electron chi connectivity index (χ3n) is 6.62. The summed E-state index contributed by atoms with van der Waals surface area (Å²) in [6.07, 6.45) is 11.2. The van der Waals surface area contributed by atoms with Gasteiger partial charge in [-0.1, -0.05) is 38.0 Å². The first-order valence-corrected chi connectivity index (χ1v) is 13.6. The van der Waals surface area contributed by atoms with E-state index in [1.165, 1.54) is 22.3 Å². The number of carbonyl (C=O) groups excluding carboxylic acids is 2. The average molecular weight is 531 g/mol. The highest BCUT2D eigenvalue weighted by Gasteiger charge is 2.34. The summed E-state index contributed by atoms with van der Waals surface area (Å²) >= 11 is 1.22. The minimum atomic E-state index is -0.522. The van der Waals surface area contributed by atoms with Crippen LogP contribution in [-0.2, 0) is 0 Å². The third kappa shape index (κ3) is 5.18. The van der Waals surface area contributed by atoms with Crippen LogP contribution in [0.1, 0.15) is 48.7 Å². The number of amides is 3. The molecule has 196 valence electrons. The number of urea groups is 1. The molecule has 9 nitrogen and oxygen atoms in total. The van der Waals surface area contributed by atoms with Crippen molar-refractivity contribution in [2.24, 2.45) is 5.73 Å². The van der Waals surface area contributed by atoms with Crippen LogP contribution in [0.25, 0.3) is 10.2 Å². The van der Waals surface area contributed by atoms with E-state index in [0.717, 1.165) is 32.1 Å². The van der Waals surface area contributed by atoms with Gasteiger partial charge in [0.1, 0.15) is 27.1 Å². The fourth-order valence-electron chi connectivity index (χ4n) is 4.76. The van der Waals surface area contributed by atoms with Crippen LogP contribution in [0.3, 0.4) is 0 Å². The molecule has 0 unspecified atom stereocenters. The lowest BCUT2D eigenvalue weighted by Gasteiger charge is -2.30. The lowest BCUT2D eigenvalue weighted by Crippen LogP contribution is -2.49. The smallest absolute Gasteiger partial charge is 0.332 e. The molecular formula is C28H30N6O3S. The molecule has 0 saturated heterocycles. The number of nitrogens with two attached hydrogens (primary N) is 1. The van der Waals surface area contributed by atoms with Crippen molar-refractivity contribution in [3.05, 3.63) is 71.5 Å². The number of thiophene rings is 1. The molecule has 5 rings (SSSR count). The van der Waals surface area contributed by atoms with Gasteiger partial charge in [0.2, 0.25) is 0 Å². The van der Waals surface area contributed by atoms with Crippen LogP contribution in [0, 0.1) is 5.41 Å². The normalized spacial score (nSPS) is 19.5. The zero-order valence-corrected chi connectivity index (χ0v) is 21.9. The van der Waals surface area contributed by atoms with Gasteiger partial charge in [-0.2, -0.15) is 0 Å². The zero-order chi connectivity index (χ0) is 26.6. The number of hydrogen-bond donors (Lipinski definition) is 4. The lowest BCUT2D eigenvalue weighted by atomic mass is 9.91. The van der Waals surface area contributed by atoms with E-state index in [4.69, 9.17) is 15.9 Å². The molecule has 1 aliphatic carbocycles. The summed E-state index contributed by atoms with van der Waals surface area (Å²) in [5, 5.41) is 15.2. The van der Waals surface area contributed by atoms with Crippen LogP contribution in [0.4, 0.5) is 16.2 Å². The quantitative estimate of drug-likeness (QED) is 0.137. The Morgan fingerprint density at radius 2 is 2.05 bits per heavy atom. The molecule has 2 aliphatic rings. The fourth-order valence-corrected chi connectivity index (χ4v) is 5.78. The molecule has 0 spiro atoms. The van der Waals surface area contributed by atoms with Gasteiger partial charge >= 0.3 is 6.03 Å². The van der Waals surface area contributed by atoms with Crippen LogP contribution in [0.2, 0.25) is 0 Å². The molecule has 1 fully saturated rings. The fraction of sp³-hybridized carbons (Fsp3) is 0.286. The highest BCUT2D eigenvalue weighted by molar-refractivity contribution is 7.21. The molecule has 5 N–H and O–H groups in total. The number of para-hydroxylation sites is 1. The summed E-state index contributed by atoms with van der Waals surface area (Å²) in [5.41, 5.74) is 7.15. The summed E-state index contributed by atoms with van der Waals surface area (Å²) in [4.78, 5) is 33.2. The van der Waals surface area contributed by atoms with Crippen molar-refractivity contribution in [3.8, 4) is 5.75 Å². The van der Waals surface area contributed by atoms with E-state index in [2.05, 4.69) is 15.6 Å². The minimum absolute atomic E-state index is 0.0512. The van der Waals surface area contributed by atoms with E-state index < -0.39 is 6.03 Å². The molecule has 0 radical (unpaired) electrons. The number of aromatic nitrogens is 1. The summed E-state index contributed by atoms with van der Waals surface area (Å²) in [5.74, 6) is 0.923. The first kappa shape index (κ1) is 25.6. The van der Waals surface area contributed by atoms with E-state index in [1.807, 2.05) is 43.3 Å². The number of rotatable bonds is 7. The Labute approximate surface area is 224 Å². The number of amidine groups is 1. The molecule has 1 aliphatic heterocycles. The maximum absolute atomic E-state index is 13.2. The second-order valence-electron chi connectivity index (χ2n) is 9.26. The average Bonchev–Trinajstić information content (AvgIpc) is 3.29. The van der Waals surface area contributed by atoms with Crippen molar-refractivity contribution in [3.63, 3.8) is 0 Å². The number of nitrogens with one attached hydrogen (secondary N) is 3. The molecule has 2 atom stereocenters. The number of pyridine rings is 1. The molecular weight excluding hydrogens is 500 g/mol. The van der Waals surface area contributed by atoms with E-state index in [1.54, 1.807) is 18.3 Å². The predicted molar refractivity (Wildman–Crippen MR) is 151 cm³/mol. The van der Waals surface area contributed by atoms with E-state index >= 15 is 0 Å². The Bertz CT molecular complexity index is 1430. The van der Waals surface area contributed by atoms with Gasteiger partial charge in [-0.3, -0.25) is 10.2 Å². The Hall–Kier alpha value is -4.02. The van der Waals surface area contributed by atoms with Gasteiger partial charge in [-0.05, 0) is 55.7 Å². The van der Waals surface area contributed by atoms with Crippen molar-refractivity contribution >= 4 is 50.7 Å². The second-order valence-corrected chi connectivity index (χ2v) is 10.3. The van der Waals surface area contributed by atoms with Crippen LogP contribution >= 0.6 is 11.3 Å². The maximum Gasteiger partial charge on any atom is 0.332 e. The largest absolute Gasteiger partial charge is 0.458 e. The predicted octanol–water partition coefficient (Wildman–Crippen LogP) is 5.55. The molecule has 1 saturated carbocycles. The Balaban J connectivity index is 1.41. The summed E-state index contributed by atoms with van der Waals surface area (Å²) < 4.78 is 5.93. The number of allylic oxidation sites excluding steroid dienone is 2. The highest BCUT2D eigenvalue weighted by atomic mass is 32.1. The van der Waals surface area contributed by atoms with Gasteiger partial charge in [-0.25, -0.2) is 14.7 Å². The maximum atomic E-state index is 13.2. The first-order valence-electron chi connectivity index (χ1n) is 12.7. The summed E-state index contributed by atoms with van der Waals surface area (Å²) in [6.45, 7) is 1.99. The van der Waals surface area contributed by atoms with E-state index in [0.29, 0.717) is 38.0 Å². The molecule has 0 bridgehead atoms. The molecule has 3 aromatic rings. The second kappa shape index (κ2) is 11.2. The first-order chi connectivity index (χ1) is 18.5. The van der Waals surface area contributed by atoms with Gasteiger partial charge in [0.25, 0.3) is 5.91 Å². The number of carbonyl (C=O) groups is 2. The monoisotopic (exact) mass is 530 g/mol. The van der Waals surface area contributed by atoms with Gasteiger partial charge in [0.15, 0.2) is 0 Å². The van der Waals surface area contributed by atoms with E-state index in [9.17, 15) is 9.59 Å². The molecule has 3 amide bonds. The van der Waals surface area contributed by atoms with Gasteiger partial charge < -0.3 is 21.1 Å². The standard InChI is InChI=1S/C28H30N6O3S/c1-2-8-17(37-18-9-4-3-5-10-18)13-14-22(30)34-21-15-16-31-27-23(21)24(33-28(34)36)25(38-27)26(35)32-20-12-7-6-11-19(20)29/h3-5,8-10,13-16,19-20,30H,2,6-7,11-12,29H2,1H3,(H,32,35)(H,33,36)/b14-13-,17-8+,30-22?/t19-,20-/m1/s1. The Morgan fingerprint density at radius 1 is 1.26 bits per heavy atom. The van der Waals surface area contributed by atoms with Gasteiger partial charge in [0, 0.05) is 18.3 Å². The van der Waals surface area contributed by atoms with Crippen molar-refractivity contribution in [2.75, 3.05) is 10.2 Å². The minimum Gasteiger partial charge on any atom is -0.458 e. The zero-order valence-electron chi connectivity index (χ0n) is 21.1. The van der Waals surface area contributed by atoms with Gasteiger partial charge in [0.05, 0.1) is 16.8 Å².